The number of carboxylic acid groups (broad SMARTS) is 1. The third kappa shape index (κ3) is 2.17. The average molecular weight is 200 g/mol. The van der Waals surface area contributed by atoms with Crippen molar-refractivity contribution in [3.63, 3.8) is 0 Å². The van der Waals surface area contributed by atoms with Crippen LogP contribution in [0.2, 0.25) is 0 Å². The van der Waals surface area contributed by atoms with Gasteiger partial charge in [0.2, 0.25) is 0 Å². The highest BCUT2D eigenvalue weighted by molar-refractivity contribution is 5.86. The summed E-state index contributed by atoms with van der Waals surface area (Å²) in [4.78, 5) is 18.5. The molecule has 0 spiro atoms. The molecule has 2 rings (SSSR count). The second-order valence-corrected chi connectivity index (χ2v) is 2.98. The van der Waals surface area contributed by atoms with Crippen molar-refractivity contribution >= 4 is 22.9 Å². The molecule has 2 heterocycles. The topological polar surface area (TPSA) is 63.1 Å². The molecule has 15 heavy (non-hydrogen) atoms. The van der Waals surface area contributed by atoms with Crippen molar-refractivity contribution in [1.29, 1.82) is 0 Å². The molecule has 0 bridgehead atoms. The molecule has 0 fully saturated rings. The predicted octanol–water partition coefficient (Wildman–Crippen LogP) is 1.73. The Hall–Kier alpha value is -2.23. The summed E-state index contributed by atoms with van der Waals surface area (Å²) in [6, 6.07) is 5.40. The van der Waals surface area contributed by atoms with E-state index >= 15 is 0 Å². The minimum Gasteiger partial charge on any atom is -0.478 e. The van der Waals surface area contributed by atoms with E-state index in [1.807, 2.05) is 6.07 Å². The Morgan fingerprint density at radius 1 is 1.33 bits per heavy atom. The third-order valence-corrected chi connectivity index (χ3v) is 1.91. The molecule has 4 heteroatoms. The van der Waals surface area contributed by atoms with Crippen LogP contribution in [0.3, 0.4) is 0 Å². The maximum Gasteiger partial charge on any atom is 0.328 e. The van der Waals surface area contributed by atoms with Crippen LogP contribution in [0, 0.1) is 0 Å². The lowest BCUT2D eigenvalue weighted by atomic mass is 10.2. The Balaban J connectivity index is 2.43. The minimum atomic E-state index is -0.980. The van der Waals surface area contributed by atoms with Gasteiger partial charge in [-0.3, -0.25) is 4.98 Å². The molecule has 4 nitrogen and oxygen atoms in total. The molecule has 0 saturated heterocycles. The number of fused-ring (bicyclic) bond motifs is 1. The molecule has 0 aliphatic carbocycles. The van der Waals surface area contributed by atoms with Crippen molar-refractivity contribution in [2.24, 2.45) is 0 Å². The highest BCUT2D eigenvalue weighted by Crippen LogP contribution is 2.10. The van der Waals surface area contributed by atoms with Crippen LogP contribution in [-0.2, 0) is 4.79 Å². The first-order valence-corrected chi connectivity index (χ1v) is 4.37. The van der Waals surface area contributed by atoms with Gasteiger partial charge in [0.05, 0.1) is 11.2 Å². The fraction of sp³-hybridized carbons (Fsp3) is 0. The summed E-state index contributed by atoms with van der Waals surface area (Å²) in [6.45, 7) is 0. The van der Waals surface area contributed by atoms with Crippen LogP contribution in [0.15, 0.2) is 36.7 Å². The zero-order valence-corrected chi connectivity index (χ0v) is 7.79. The Morgan fingerprint density at radius 2 is 2.20 bits per heavy atom. The normalized spacial score (nSPS) is 10.9. The lowest BCUT2D eigenvalue weighted by Crippen LogP contribution is -1.88. The van der Waals surface area contributed by atoms with Crippen molar-refractivity contribution in [2.45, 2.75) is 0 Å². The number of aromatic nitrogens is 2. The van der Waals surface area contributed by atoms with Gasteiger partial charge in [0.15, 0.2) is 0 Å². The van der Waals surface area contributed by atoms with Gasteiger partial charge in [-0.15, -0.1) is 0 Å². The monoisotopic (exact) mass is 200 g/mol. The van der Waals surface area contributed by atoms with E-state index < -0.39 is 5.97 Å². The fourth-order valence-electron chi connectivity index (χ4n) is 1.23. The zero-order chi connectivity index (χ0) is 10.7. The highest BCUT2D eigenvalue weighted by Gasteiger charge is 1.95. The van der Waals surface area contributed by atoms with Crippen molar-refractivity contribution in [3.05, 3.63) is 42.4 Å². The lowest BCUT2D eigenvalue weighted by Gasteiger charge is -1.96. The van der Waals surface area contributed by atoms with Crippen LogP contribution in [0.25, 0.3) is 17.0 Å². The summed E-state index contributed by atoms with van der Waals surface area (Å²) < 4.78 is 0. The van der Waals surface area contributed by atoms with E-state index in [-0.39, 0.29) is 0 Å². The molecule has 74 valence electrons. The molecule has 0 aromatic carbocycles. The van der Waals surface area contributed by atoms with E-state index in [2.05, 4.69) is 9.97 Å². The predicted molar refractivity (Wildman–Crippen MR) is 56.2 cm³/mol. The Bertz CT molecular complexity index is 535. The van der Waals surface area contributed by atoms with E-state index in [0.717, 1.165) is 17.0 Å². The van der Waals surface area contributed by atoms with E-state index in [1.54, 1.807) is 24.5 Å². The van der Waals surface area contributed by atoms with Crippen LogP contribution in [0.1, 0.15) is 5.69 Å². The first kappa shape index (κ1) is 9.33. The summed E-state index contributed by atoms with van der Waals surface area (Å²) in [7, 11) is 0. The number of pyridine rings is 2. The smallest absolute Gasteiger partial charge is 0.328 e. The number of rotatable bonds is 2. The van der Waals surface area contributed by atoms with E-state index in [4.69, 9.17) is 5.11 Å². The summed E-state index contributed by atoms with van der Waals surface area (Å²) in [5, 5.41) is 9.40. The summed E-state index contributed by atoms with van der Waals surface area (Å²) in [5.74, 6) is -0.980. The van der Waals surface area contributed by atoms with Gasteiger partial charge in [-0.05, 0) is 24.3 Å². The van der Waals surface area contributed by atoms with E-state index in [9.17, 15) is 4.79 Å². The first-order valence-electron chi connectivity index (χ1n) is 4.37. The van der Waals surface area contributed by atoms with Crippen molar-refractivity contribution < 1.29 is 9.90 Å². The van der Waals surface area contributed by atoms with E-state index in [1.165, 1.54) is 6.08 Å². The van der Waals surface area contributed by atoms with Gasteiger partial charge in [-0.25, -0.2) is 9.78 Å². The van der Waals surface area contributed by atoms with Gasteiger partial charge >= 0.3 is 5.97 Å². The van der Waals surface area contributed by atoms with Crippen molar-refractivity contribution in [3.8, 4) is 0 Å². The van der Waals surface area contributed by atoms with Crippen LogP contribution >= 0.6 is 0 Å². The third-order valence-electron chi connectivity index (χ3n) is 1.91. The number of nitrogens with zero attached hydrogens (tertiary/aromatic N) is 2. The Labute approximate surface area is 85.9 Å². The van der Waals surface area contributed by atoms with Gasteiger partial charge in [0.25, 0.3) is 0 Å². The van der Waals surface area contributed by atoms with Gasteiger partial charge < -0.3 is 5.11 Å². The average Bonchev–Trinajstić information content (AvgIpc) is 2.26. The fourth-order valence-corrected chi connectivity index (χ4v) is 1.23. The van der Waals surface area contributed by atoms with Crippen molar-refractivity contribution in [1.82, 2.24) is 9.97 Å². The number of hydrogen-bond donors (Lipinski definition) is 1. The maximum absolute atomic E-state index is 10.3. The largest absolute Gasteiger partial charge is 0.478 e. The molecule has 2 aromatic heterocycles. The van der Waals surface area contributed by atoms with Crippen molar-refractivity contribution in [2.75, 3.05) is 0 Å². The molecule has 0 amide bonds. The van der Waals surface area contributed by atoms with Gasteiger partial charge in [0.1, 0.15) is 0 Å². The SMILES string of the molecule is O=C(O)C=Cc1ccc2cnccc2n1. The minimum absolute atomic E-state index is 0.621. The molecular weight excluding hydrogens is 192 g/mol. The second-order valence-electron chi connectivity index (χ2n) is 2.98. The van der Waals surface area contributed by atoms with Gasteiger partial charge in [-0.1, -0.05) is 0 Å². The maximum atomic E-state index is 10.3. The number of hydrogen-bond acceptors (Lipinski definition) is 3. The number of aliphatic carboxylic acids is 1. The summed E-state index contributed by atoms with van der Waals surface area (Å²) >= 11 is 0. The van der Waals surface area contributed by atoms with Crippen LogP contribution in [0.5, 0.6) is 0 Å². The Morgan fingerprint density at radius 3 is 3.00 bits per heavy atom. The molecule has 0 saturated carbocycles. The standard InChI is InChI=1S/C11H8N2O2/c14-11(15)4-3-9-2-1-8-7-12-6-5-10(8)13-9/h1-7H,(H,14,15). The molecular formula is C11H8N2O2. The van der Waals surface area contributed by atoms with Crippen LogP contribution in [-0.4, -0.2) is 21.0 Å². The van der Waals surface area contributed by atoms with Crippen LogP contribution in [0.4, 0.5) is 0 Å². The second kappa shape index (κ2) is 3.88. The molecule has 1 N–H and O–H groups in total. The highest BCUT2D eigenvalue weighted by atomic mass is 16.4. The molecule has 2 aromatic rings. The summed E-state index contributed by atoms with van der Waals surface area (Å²) in [5.41, 5.74) is 1.42. The quantitative estimate of drug-likeness (QED) is 0.750. The number of carbonyl (C=O) groups is 1. The molecule has 0 aliphatic rings. The van der Waals surface area contributed by atoms with Crippen LogP contribution < -0.4 is 0 Å². The molecule has 0 radical (unpaired) electrons. The molecule has 0 unspecified atom stereocenters. The molecule has 0 aliphatic heterocycles. The molecule has 0 atom stereocenters. The van der Waals surface area contributed by atoms with E-state index in [0.29, 0.717) is 5.69 Å². The lowest BCUT2D eigenvalue weighted by molar-refractivity contribution is -0.131. The Kier molecular flexibility index (Phi) is 2.41. The summed E-state index contributed by atoms with van der Waals surface area (Å²) in [6.07, 6.45) is 5.89. The first-order chi connectivity index (χ1) is 7.25. The van der Waals surface area contributed by atoms with Gasteiger partial charge in [0, 0.05) is 23.9 Å². The number of carboxylic acids is 1. The van der Waals surface area contributed by atoms with Gasteiger partial charge in [-0.2, -0.15) is 0 Å². The zero-order valence-electron chi connectivity index (χ0n) is 7.79.